The van der Waals surface area contributed by atoms with Crippen molar-refractivity contribution in [2.75, 3.05) is 18.0 Å². The summed E-state index contributed by atoms with van der Waals surface area (Å²) in [6, 6.07) is 18.5. The molecule has 0 aromatic heterocycles. The van der Waals surface area contributed by atoms with E-state index in [4.69, 9.17) is 4.74 Å². The van der Waals surface area contributed by atoms with E-state index in [-0.39, 0.29) is 29.1 Å². The van der Waals surface area contributed by atoms with E-state index in [1.165, 1.54) is 29.2 Å². The lowest BCUT2D eigenvalue weighted by Gasteiger charge is -2.32. The number of benzene rings is 3. The fourth-order valence-electron chi connectivity index (χ4n) is 3.77. The molecular formula is C28H32FN3O5S. The van der Waals surface area contributed by atoms with Gasteiger partial charge in [-0.1, -0.05) is 30.3 Å². The Labute approximate surface area is 223 Å². The number of carbonyl (C=O) groups excluding carboxylic acids is 2. The number of ether oxygens (including phenoxy) is 1. The van der Waals surface area contributed by atoms with E-state index in [2.05, 4.69) is 5.32 Å². The molecule has 202 valence electrons. The standard InChI is InChI=1S/C28H32FN3O5S/c1-20(2)30-28(34)21(3)31(18-22-10-16-25(37-4)17-11-22)27(33)19-32(24-14-12-23(29)13-15-24)38(35,36)26-8-6-5-7-9-26/h5-17,20-21H,18-19H2,1-4H3,(H,30,34). The van der Waals surface area contributed by atoms with Crippen LogP contribution in [0.5, 0.6) is 5.75 Å². The number of hydrogen-bond acceptors (Lipinski definition) is 5. The van der Waals surface area contributed by atoms with Crippen LogP contribution in [0.2, 0.25) is 0 Å². The van der Waals surface area contributed by atoms with Crippen molar-refractivity contribution in [3.05, 3.63) is 90.2 Å². The lowest BCUT2D eigenvalue weighted by molar-refractivity contribution is -0.139. The van der Waals surface area contributed by atoms with Crippen molar-refractivity contribution in [1.29, 1.82) is 0 Å². The molecule has 0 bridgehead atoms. The highest BCUT2D eigenvalue weighted by molar-refractivity contribution is 7.92. The largest absolute Gasteiger partial charge is 0.497 e. The average Bonchev–Trinajstić information content (AvgIpc) is 2.90. The normalized spacial score (nSPS) is 12.1. The van der Waals surface area contributed by atoms with Crippen LogP contribution in [0.4, 0.5) is 10.1 Å². The quantitative estimate of drug-likeness (QED) is 0.396. The molecule has 0 aliphatic carbocycles. The smallest absolute Gasteiger partial charge is 0.264 e. The number of nitrogens with one attached hydrogen (secondary N) is 1. The number of sulfonamides is 1. The molecule has 1 unspecified atom stereocenters. The van der Waals surface area contributed by atoms with Crippen LogP contribution in [0.3, 0.4) is 0 Å². The molecule has 1 atom stereocenters. The Kier molecular flexibility index (Phi) is 9.46. The van der Waals surface area contributed by atoms with Gasteiger partial charge >= 0.3 is 0 Å². The highest BCUT2D eigenvalue weighted by atomic mass is 32.2. The van der Waals surface area contributed by atoms with Gasteiger partial charge in [-0.3, -0.25) is 13.9 Å². The molecule has 3 aromatic rings. The Morgan fingerprint density at radius 2 is 1.53 bits per heavy atom. The minimum absolute atomic E-state index is 0.0237. The summed E-state index contributed by atoms with van der Waals surface area (Å²) in [5.74, 6) is -0.886. The predicted octanol–water partition coefficient (Wildman–Crippen LogP) is 3.97. The zero-order valence-corrected chi connectivity index (χ0v) is 22.6. The van der Waals surface area contributed by atoms with Gasteiger partial charge in [0.05, 0.1) is 17.7 Å². The molecule has 0 fully saturated rings. The Morgan fingerprint density at radius 3 is 2.08 bits per heavy atom. The van der Waals surface area contributed by atoms with Crippen LogP contribution in [0.25, 0.3) is 0 Å². The Hall–Kier alpha value is -3.92. The average molecular weight is 542 g/mol. The molecule has 3 aromatic carbocycles. The van der Waals surface area contributed by atoms with Gasteiger partial charge in [0.2, 0.25) is 11.8 Å². The Bertz CT molecular complexity index is 1330. The molecule has 0 radical (unpaired) electrons. The molecule has 38 heavy (non-hydrogen) atoms. The molecule has 0 saturated carbocycles. The molecule has 2 amide bonds. The second-order valence-corrected chi connectivity index (χ2v) is 10.9. The zero-order valence-electron chi connectivity index (χ0n) is 21.8. The minimum atomic E-state index is -4.20. The second-order valence-electron chi connectivity index (χ2n) is 9.01. The summed E-state index contributed by atoms with van der Waals surface area (Å²) in [6.45, 7) is 4.66. The number of rotatable bonds is 11. The SMILES string of the molecule is COc1ccc(CN(C(=O)CN(c2ccc(F)cc2)S(=O)(=O)c2ccccc2)C(C)C(=O)NC(C)C)cc1. The topological polar surface area (TPSA) is 96.0 Å². The van der Waals surface area contributed by atoms with Crippen molar-refractivity contribution in [1.82, 2.24) is 10.2 Å². The van der Waals surface area contributed by atoms with E-state index >= 15 is 0 Å². The van der Waals surface area contributed by atoms with E-state index in [9.17, 15) is 22.4 Å². The van der Waals surface area contributed by atoms with Crippen LogP contribution in [0, 0.1) is 5.82 Å². The number of anilines is 1. The molecule has 0 aliphatic rings. The number of carbonyl (C=O) groups is 2. The van der Waals surface area contributed by atoms with Crippen molar-refractivity contribution in [2.45, 2.75) is 44.3 Å². The Balaban J connectivity index is 2.00. The van der Waals surface area contributed by atoms with Gasteiger partial charge in [0, 0.05) is 12.6 Å². The van der Waals surface area contributed by atoms with Crippen LogP contribution < -0.4 is 14.4 Å². The molecule has 0 spiro atoms. The predicted molar refractivity (Wildman–Crippen MR) is 144 cm³/mol. The third-order valence-corrected chi connectivity index (χ3v) is 7.62. The third-order valence-electron chi connectivity index (χ3n) is 5.83. The van der Waals surface area contributed by atoms with Crippen LogP contribution in [-0.4, -0.2) is 50.9 Å². The summed E-state index contributed by atoms with van der Waals surface area (Å²) in [4.78, 5) is 28.0. The summed E-state index contributed by atoms with van der Waals surface area (Å²) in [7, 11) is -2.65. The van der Waals surface area contributed by atoms with Crippen molar-refractivity contribution in [2.24, 2.45) is 0 Å². The maximum Gasteiger partial charge on any atom is 0.264 e. The molecule has 1 N–H and O–H groups in total. The van der Waals surface area contributed by atoms with Crippen LogP contribution in [0.1, 0.15) is 26.3 Å². The molecule has 0 heterocycles. The number of hydrogen-bond donors (Lipinski definition) is 1. The molecular weight excluding hydrogens is 509 g/mol. The maximum atomic E-state index is 13.8. The summed E-state index contributed by atoms with van der Waals surface area (Å²) < 4.78 is 47.0. The number of halogens is 1. The first-order valence-electron chi connectivity index (χ1n) is 12.1. The van der Waals surface area contributed by atoms with E-state index in [0.717, 1.165) is 22.0 Å². The van der Waals surface area contributed by atoms with Crippen molar-refractivity contribution in [3.8, 4) is 5.75 Å². The van der Waals surface area contributed by atoms with Gasteiger partial charge in [-0.25, -0.2) is 12.8 Å². The molecule has 0 aliphatic heterocycles. The monoisotopic (exact) mass is 541 g/mol. The summed E-state index contributed by atoms with van der Waals surface area (Å²) in [5, 5.41) is 2.80. The van der Waals surface area contributed by atoms with Crippen LogP contribution in [-0.2, 0) is 26.2 Å². The van der Waals surface area contributed by atoms with Crippen molar-refractivity contribution in [3.63, 3.8) is 0 Å². The van der Waals surface area contributed by atoms with Crippen molar-refractivity contribution >= 4 is 27.5 Å². The first-order valence-corrected chi connectivity index (χ1v) is 13.5. The first kappa shape index (κ1) is 28.6. The van der Waals surface area contributed by atoms with Gasteiger partial charge in [-0.05, 0) is 74.9 Å². The Morgan fingerprint density at radius 1 is 0.921 bits per heavy atom. The van der Waals surface area contributed by atoms with Gasteiger partial charge in [0.15, 0.2) is 0 Å². The van der Waals surface area contributed by atoms with Crippen LogP contribution >= 0.6 is 0 Å². The lowest BCUT2D eigenvalue weighted by Crippen LogP contribution is -2.52. The van der Waals surface area contributed by atoms with Gasteiger partial charge < -0.3 is 15.0 Å². The third kappa shape index (κ3) is 7.10. The molecule has 8 nitrogen and oxygen atoms in total. The summed E-state index contributed by atoms with van der Waals surface area (Å²) in [6.07, 6.45) is 0. The molecule has 3 rings (SSSR count). The number of nitrogens with zero attached hydrogens (tertiary/aromatic N) is 2. The summed E-state index contributed by atoms with van der Waals surface area (Å²) in [5.41, 5.74) is 0.842. The molecule has 0 saturated heterocycles. The highest BCUT2D eigenvalue weighted by Crippen LogP contribution is 2.25. The minimum Gasteiger partial charge on any atom is -0.497 e. The summed E-state index contributed by atoms with van der Waals surface area (Å²) >= 11 is 0. The zero-order chi connectivity index (χ0) is 27.9. The van der Waals surface area contributed by atoms with Gasteiger partial charge in [0.1, 0.15) is 24.2 Å². The van der Waals surface area contributed by atoms with Crippen molar-refractivity contribution < 1.29 is 27.1 Å². The first-order chi connectivity index (χ1) is 18.0. The fraction of sp³-hybridized carbons (Fsp3) is 0.286. The number of methoxy groups -OCH3 is 1. The van der Waals surface area contributed by atoms with E-state index < -0.39 is 34.3 Å². The van der Waals surface area contributed by atoms with Gasteiger partial charge in [-0.2, -0.15) is 0 Å². The van der Waals surface area contributed by atoms with Crippen LogP contribution in [0.15, 0.2) is 83.8 Å². The van der Waals surface area contributed by atoms with Gasteiger partial charge in [-0.15, -0.1) is 0 Å². The second kappa shape index (κ2) is 12.6. The lowest BCUT2D eigenvalue weighted by atomic mass is 10.1. The van der Waals surface area contributed by atoms with E-state index in [1.54, 1.807) is 56.5 Å². The van der Waals surface area contributed by atoms with E-state index in [1.807, 2.05) is 13.8 Å². The highest BCUT2D eigenvalue weighted by Gasteiger charge is 2.32. The molecule has 10 heteroatoms. The van der Waals surface area contributed by atoms with E-state index in [0.29, 0.717) is 5.75 Å². The fourth-order valence-corrected chi connectivity index (χ4v) is 5.21. The maximum absolute atomic E-state index is 13.8. The van der Waals surface area contributed by atoms with Gasteiger partial charge in [0.25, 0.3) is 10.0 Å². The number of amides is 2.